The first-order valence-electron chi connectivity index (χ1n) is 6.84. The summed E-state index contributed by atoms with van der Waals surface area (Å²) in [5.74, 6) is -0.452. The molecule has 0 spiro atoms. The topological polar surface area (TPSA) is 46.5 Å². The predicted molar refractivity (Wildman–Crippen MR) is 80.2 cm³/mol. The highest BCUT2D eigenvalue weighted by molar-refractivity contribution is 6.16. The second-order valence-corrected chi connectivity index (χ2v) is 5.47. The number of phenols is 1. The van der Waals surface area contributed by atoms with Crippen LogP contribution in [0.15, 0.2) is 31.4 Å². The van der Waals surface area contributed by atoms with E-state index in [0.29, 0.717) is 11.1 Å². The molecule has 1 aromatic carbocycles. The smallest absolute Gasteiger partial charge is 0.338 e. The molecule has 0 amide bonds. The summed E-state index contributed by atoms with van der Waals surface area (Å²) in [6.07, 6.45) is 5.45. The summed E-state index contributed by atoms with van der Waals surface area (Å²) in [4.78, 5) is 12.2. The van der Waals surface area contributed by atoms with Crippen LogP contribution in [0.2, 0.25) is 0 Å². The van der Waals surface area contributed by atoms with E-state index < -0.39 is 11.6 Å². The molecule has 0 aromatic heterocycles. The van der Waals surface area contributed by atoms with Crippen LogP contribution in [0.5, 0.6) is 5.75 Å². The van der Waals surface area contributed by atoms with Crippen molar-refractivity contribution in [2.45, 2.75) is 38.2 Å². The van der Waals surface area contributed by atoms with Crippen molar-refractivity contribution in [1.29, 1.82) is 0 Å². The Hall–Kier alpha value is -2.03. The molecule has 1 saturated carbocycles. The van der Waals surface area contributed by atoms with Crippen molar-refractivity contribution < 1.29 is 14.6 Å². The fourth-order valence-electron chi connectivity index (χ4n) is 2.59. The van der Waals surface area contributed by atoms with E-state index in [0.717, 1.165) is 25.7 Å². The van der Waals surface area contributed by atoms with Crippen molar-refractivity contribution in [2.75, 3.05) is 0 Å². The third-order valence-corrected chi connectivity index (χ3v) is 3.86. The molecular formula is C17H20O3. The van der Waals surface area contributed by atoms with Gasteiger partial charge in [0, 0.05) is 11.1 Å². The molecule has 20 heavy (non-hydrogen) atoms. The quantitative estimate of drug-likeness (QED) is 0.667. The molecule has 1 aromatic rings. The first-order chi connectivity index (χ1) is 9.47. The average Bonchev–Trinajstić information content (AvgIpc) is 2.84. The zero-order valence-corrected chi connectivity index (χ0v) is 11.8. The van der Waals surface area contributed by atoms with Crippen molar-refractivity contribution in [2.24, 2.45) is 0 Å². The number of aromatic hydroxyl groups is 1. The second-order valence-electron chi connectivity index (χ2n) is 5.47. The monoisotopic (exact) mass is 272 g/mol. The van der Waals surface area contributed by atoms with Gasteiger partial charge in [-0.1, -0.05) is 37.4 Å². The number of esters is 1. The summed E-state index contributed by atoms with van der Waals surface area (Å²) in [5.41, 5.74) is 0.753. The first kappa shape index (κ1) is 14.4. The number of benzene rings is 1. The van der Waals surface area contributed by atoms with Gasteiger partial charge in [-0.3, -0.25) is 0 Å². The van der Waals surface area contributed by atoms with Crippen molar-refractivity contribution in [3.05, 3.63) is 42.5 Å². The van der Waals surface area contributed by atoms with E-state index in [1.54, 1.807) is 18.2 Å². The van der Waals surface area contributed by atoms with Crippen LogP contribution in [0.3, 0.4) is 0 Å². The van der Waals surface area contributed by atoms with Gasteiger partial charge >= 0.3 is 5.97 Å². The van der Waals surface area contributed by atoms with Crippen molar-refractivity contribution in [1.82, 2.24) is 0 Å². The lowest BCUT2D eigenvalue weighted by Crippen LogP contribution is -2.28. The number of para-hydroxylation sites is 1. The average molecular weight is 272 g/mol. The van der Waals surface area contributed by atoms with E-state index in [4.69, 9.17) is 4.74 Å². The van der Waals surface area contributed by atoms with Gasteiger partial charge in [0.2, 0.25) is 0 Å². The lowest BCUT2D eigenvalue weighted by atomic mass is 10.0. The van der Waals surface area contributed by atoms with Crippen molar-refractivity contribution in [3.8, 4) is 5.75 Å². The Kier molecular flexibility index (Phi) is 3.98. The molecule has 0 bridgehead atoms. The van der Waals surface area contributed by atoms with Crippen LogP contribution in [0, 0.1) is 0 Å². The van der Waals surface area contributed by atoms with Crippen molar-refractivity contribution >= 4 is 17.6 Å². The third kappa shape index (κ3) is 2.77. The van der Waals surface area contributed by atoms with Crippen molar-refractivity contribution in [3.63, 3.8) is 0 Å². The van der Waals surface area contributed by atoms with Crippen LogP contribution in [-0.2, 0) is 9.53 Å². The molecule has 2 rings (SSSR count). The lowest BCUT2D eigenvalue weighted by Gasteiger charge is -2.24. The zero-order chi connectivity index (χ0) is 14.8. The summed E-state index contributed by atoms with van der Waals surface area (Å²) >= 11 is 0. The predicted octanol–water partition coefficient (Wildman–Crippen LogP) is 3.92. The van der Waals surface area contributed by atoms with E-state index >= 15 is 0 Å². The van der Waals surface area contributed by atoms with Gasteiger partial charge in [0.15, 0.2) is 0 Å². The largest absolute Gasteiger partial charge is 0.507 e. The van der Waals surface area contributed by atoms with Gasteiger partial charge in [-0.05, 0) is 32.6 Å². The molecule has 0 saturated heterocycles. The molecule has 1 aliphatic rings. The lowest BCUT2D eigenvalue weighted by molar-refractivity contribution is -0.149. The van der Waals surface area contributed by atoms with E-state index in [9.17, 15) is 9.90 Å². The minimum absolute atomic E-state index is 0.0148. The van der Waals surface area contributed by atoms with Gasteiger partial charge in [-0.15, -0.1) is 0 Å². The number of carbonyl (C=O) groups excluding carboxylic acids is 1. The highest BCUT2D eigenvalue weighted by Crippen LogP contribution is 2.35. The van der Waals surface area contributed by atoms with E-state index in [-0.39, 0.29) is 11.3 Å². The molecule has 0 atom stereocenters. The number of ether oxygens (including phenoxy) is 1. The Morgan fingerprint density at radius 1 is 1.40 bits per heavy atom. The Morgan fingerprint density at radius 3 is 2.65 bits per heavy atom. The Morgan fingerprint density at radius 2 is 2.05 bits per heavy atom. The Labute approximate surface area is 119 Å². The minimum Gasteiger partial charge on any atom is -0.507 e. The van der Waals surface area contributed by atoms with Crippen LogP contribution in [-0.4, -0.2) is 16.7 Å². The SMILES string of the molecule is C=Cc1cccc(C(=C)C(=O)OC2(C)CCCC2)c1O. The molecule has 106 valence electrons. The molecule has 0 heterocycles. The fourth-order valence-corrected chi connectivity index (χ4v) is 2.59. The Balaban J connectivity index is 2.19. The first-order valence-corrected chi connectivity index (χ1v) is 6.84. The molecule has 1 fully saturated rings. The van der Waals surface area contributed by atoms with Crippen LogP contribution in [0.4, 0.5) is 0 Å². The number of hydrogen-bond acceptors (Lipinski definition) is 3. The molecule has 0 aliphatic heterocycles. The number of rotatable bonds is 4. The molecule has 1 N–H and O–H groups in total. The molecule has 0 radical (unpaired) electrons. The highest BCUT2D eigenvalue weighted by atomic mass is 16.6. The van der Waals surface area contributed by atoms with Crippen LogP contribution in [0.1, 0.15) is 43.7 Å². The Bertz CT molecular complexity index is 551. The van der Waals surface area contributed by atoms with Gasteiger partial charge in [0.25, 0.3) is 0 Å². The number of phenolic OH excluding ortho intramolecular Hbond substituents is 1. The molecular weight excluding hydrogens is 252 g/mol. The van der Waals surface area contributed by atoms with E-state index in [1.807, 2.05) is 6.92 Å². The molecule has 1 aliphatic carbocycles. The number of carbonyl (C=O) groups is 1. The van der Waals surface area contributed by atoms with Gasteiger partial charge in [-0.25, -0.2) is 4.79 Å². The standard InChI is InChI=1S/C17H20O3/c1-4-13-8-7-9-14(15(13)18)12(2)16(19)20-17(3)10-5-6-11-17/h4,7-9,18H,1-2,5-6,10-11H2,3H3. The van der Waals surface area contributed by atoms with Gasteiger partial charge in [0.05, 0.1) is 5.57 Å². The summed E-state index contributed by atoms with van der Waals surface area (Å²) < 4.78 is 5.57. The fraction of sp³-hybridized carbons (Fsp3) is 0.353. The summed E-state index contributed by atoms with van der Waals surface area (Å²) in [7, 11) is 0. The summed E-state index contributed by atoms with van der Waals surface area (Å²) in [6, 6.07) is 5.13. The number of hydrogen-bond donors (Lipinski definition) is 1. The maximum atomic E-state index is 12.2. The normalized spacial score (nSPS) is 16.6. The van der Waals surface area contributed by atoms with Crippen LogP contribution < -0.4 is 0 Å². The van der Waals surface area contributed by atoms with Crippen LogP contribution in [0.25, 0.3) is 11.6 Å². The van der Waals surface area contributed by atoms with Gasteiger partial charge < -0.3 is 9.84 Å². The second kappa shape index (κ2) is 5.53. The maximum absolute atomic E-state index is 12.2. The molecule has 0 unspecified atom stereocenters. The van der Waals surface area contributed by atoms with E-state index in [2.05, 4.69) is 13.2 Å². The molecule has 3 heteroatoms. The summed E-state index contributed by atoms with van der Waals surface area (Å²) in [5, 5.41) is 10.1. The zero-order valence-electron chi connectivity index (χ0n) is 11.8. The highest BCUT2D eigenvalue weighted by Gasteiger charge is 2.33. The van der Waals surface area contributed by atoms with Gasteiger partial charge in [0.1, 0.15) is 11.4 Å². The van der Waals surface area contributed by atoms with E-state index in [1.165, 1.54) is 6.08 Å². The van der Waals surface area contributed by atoms with Gasteiger partial charge in [-0.2, -0.15) is 0 Å². The maximum Gasteiger partial charge on any atom is 0.338 e. The van der Waals surface area contributed by atoms with Crippen LogP contribution >= 0.6 is 0 Å². The summed E-state index contributed by atoms with van der Waals surface area (Å²) in [6.45, 7) is 9.34. The minimum atomic E-state index is -0.467. The molecule has 3 nitrogen and oxygen atoms in total. The third-order valence-electron chi connectivity index (χ3n) is 3.86.